The molecule has 43 heavy (non-hydrogen) atoms. The van der Waals surface area contributed by atoms with Gasteiger partial charge in [0.25, 0.3) is 0 Å². The average Bonchev–Trinajstić information content (AvgIpc) is 2.93. The number of amides is 1. The summed E-state index contributed by atoms with van der Waals surface area (Å²) in [5.41, 5.74) is -6.19. The Morgan fingerprint density at radius 3 is 2.26 bits per heavy atom. The van der Waals surface area contributed by atoms with Gasteiger partial charge < -0.3 is 9.47 Å². The first-order valence-corrected chi connectivity index (χ1v) is 13.0. The molecule has 0 aromatic heterocycles. The maximum atomic E-state index is 14.3. The van der Waals surface area contributed by atoms with Crippen molar-refractivity contribution in [1.82, 2.24) is 4.90 Å². The molecule has 2 heterocycles. The van der Waals surface area contributed by atoms with Crippen molar-refractivity contribution >= 4 is 6.09 Å². The Hall–Kier alpha value is -3.71. The molecule has 14 heteroatoms. The number of hydrogen-bond acceptors (Lipinski definition) is 3. The molecule has 0 N–H and O–H groups in total. The standard InChI is InChI=1S/C29H23F10NO3/c1-42-23-8-6-18(30)11-21(23)19-7-5-15(27(31,32)33)10-20(19)22-3-2-4-24-26(14-43-25(41)40(22)24)12-16(28(34,35)36)9-17(13-26)29(37,38)39/h5-12,22,24H,2-4,13-14H2,1H3/t22-,24-,26?/m0/s1. The summed E-state index contributed by atoms with van der Waals surface area (Å²) in [5.74, 6) is -0.671. The summed E-state index contributed by atoms with van der Waals surface area (Å²) in [4.78, 5) is 14.2. The number of fused-ring (bicyclic) bond motifs is 2. The Morgan fingerprint density at radius 1 is 0.907 bits per heavy atom. The molecular formula is C29H23F10NO3. The number of benzene rings is 2. The van der Waals surface area contributed by atoms with Crippen LogP contribution in [0, 0.1) is 11.2 Å². The second-order valence-electron chi connectivity index (χ2n) is 10.7. The quantitative estimate of drug-likeness (QED) is 0.321. The van der Waals surface area contributed by atoms with Crippen molar-refractivity contribution in [3.63, 3.8) is 0 Å². The van der Waals surface area contributed by atoms with E-state index in [1.165, 1.54) is 13.2 Å². The fraction of sp³-hybridized carbons (Fsp3) is 0.414. The number of ether oxygens (including phenoxy) is 2. The molecule has 4 nitrogen and oxygen atoms in total. The van der Waals surface area contributed by atoms with E-state index in [1.807, 2.05) is 0 Å². The first kappa shape index (κ1) is 30.7. The second kappa shape index (κ2) is 10.5. The van der Waals surface area contributed by atoms with E-state index in [2.05, 4.69) is 0 Å². The number of halogens is 10. The molecule has 1 unspecified atom stereocenters. The number of nitrogens with zero attached hydrogens (tertiary/aromatic N) is 1. The third-order valence-corrected chi connectivity index (χ3v) is 8.14. The zero-order valence-electron chi connectivity index (χ0n) is 22.3. The van der Waals surface area contributed by atoms with Gasteiger partial charge in [0.05, 0.1) is 24.3 Å². The number of rotatable bonds is 3. The molecule has 2 aromatic carbocycles. The molecule has 1 spiro atoms. The normalized spacial score (nSPS) is 24.7. The highest BCUT2D eigenvalue weighted by atomic mass is 19.4. The minimum atomic E-state index is -5.16. The lowest BCUT2D eigenvalue weighted by Crippen LogP contribution is -2.60. The Labute approximate surface area is 238 Å². The van der Waals surface area contributed by atoms with Crippen LogP contribution < -0.4 is 4.74 Å². The SMILES string of the molecule is COc1ccc(F)cc1-c1ccc(C(F)(F)F)cc1[C@@H]1CCC[C@@H]2N1C(=O)OCC21C=C(C(F)(F)F)C=C(C(F)(F)F)C1. The van der Waals surface area contributed by atoms with Crippen molar-refractivity contribution in [2.24, 2.45) is 5.41 Å². The van der Waals surface area contributed by atoms with Gasteiger partial charge in [0, 0.05) is 22.6 Å². The predicted octanol–water partition coefficient (Wildman–Crippen LogP) is 8.93. The summed E-state index contributed by atoms with van der Waals surface area (Å²) < 4.78 is 149. The molecule has 3 aliphatic rings. The number of hydrogen-bond donors (Lipinski definition) is 0. The zero-order chi connectivity index (χ0) is 31.5. The molecule has 0 saturated carbocycles. The van der Waals surface area contributed by atoms with Gasteiger partial charge in [-0.25, -0.2) is 9.18 Å². The van der Waals surface area contributed by atoms with Gasteiger partial charge in [0.1, 0.15) is 18.2 Å². The lowest BCUT2D eigenvalue weighted by molar-refractivity contribution is -0.137. The van der Waals surface area contributed by atoms with E-state index < -0.39 is 77.7 Å². The molecular weight excluding hydrogens is 600 g/mol. The monoisotopic (exact) mass is 623 g/mol. The van der Waals surface area contributed by atoms with Gasteiger partial charge in [-0.3, -0.25) is 4.90 Å². The van der Waals surface area contributed by atoms with Gasteiger partial charge in [-0.1, -0.05) is 12.1 Å². The summed E-state index contributed by atoms with van der Waals surface area (Å²) >= 11 is 0. The molecule has 1 amide bonds. The van der Waals surface area contributed by atoms with Crippen LogP contribution in [-0.2, 0) is 10.9 Å². The Balaban J connectivity index is 1.69. The first-order chi connectivity index (χ1) is 19.9. The zero-order valence-corrected chi connectivity index (χ0v) is 22.3. The molecule has 5 rings (SSSR count). The Morgan fingerprint density at radius 2 is 1.63 bits per heavy atom. The van der Waals surface area contributed by atoms with Crippen LogP contribution in [0.3, 0.4) is 0 Å². The smallest absolute Gasteiger partial charge is 0.416 e. The Kier molecular flexibility index (Phi) is 7.49. The highest BCUT2D eigenvalue weighted by Gasteiger charge is 2.56. The van der Waals surface area contributed by atoms with E-state index >= 15 is 0 Å². The van der Waals surface area contributed by atoms with Crippen molar-refractivity contribution in [3.8, 4) is 16.9 Å². The number of piperidine rings is 1. The predicted molar refractivity (Wildman–Crippen MR) is 132 cm³/mol. The maximum Gasteiger partial charge on any atom is 0.416 e. The third kappa shape index (κ3) is 5.67. The van der Waals surface area contributed by atoms with Gasteiger partial charge in [0.15, 0.2) is 0 Å². The molecule has 2 aliphatic heterocycles. The van der Waals surface area contributed by atoms with E-state index in [0.29, 0.717) is 6.08 Å². The molecule has 3 atom stereocenters. The van der Waals surface area contributed by atoms with Gasteiger partial charge >= 0.3 is 24.6 Å². The van der Waals surface area contributed by atoms with E-state index in [-0.39, 0.29) is 47.8 Å². The van der Waals surface area contributed by atoms with Crippen molar-refractivity contribution in [2.45, 2.75) is 56.3 Å². The number of cyclic esters (lactones) is 1. The van der Waals surface area contributed by atoms with Crippen LogP contribution in [0.25, 0.3) is 11.1 Å². The summed E-state index contributed by atoms with van der Waals surface area (Å²) in [5, 5.41) is 0. The molecule has 1 aliphatic carbocycles. The van der Waals surface area contributed by atoms with Crippen LogP contribution >= 0.6 is 0 Å². The van der Waals surface area contributed by atoms with E-state index in [4.69, 9.17) is 9.47 Å². The van der Waals surface area contributed by atoms with E-state index in [0.717, 1.165) is 35.2 Å². The van der Waals surface area contributed by atoms with Crippen LogP contribution in [0.2, 0.25) is 0 Å². The second-order valence-corrected chi connectivity index (χ2v) is 10.7. The highest BCUT2D eigenvalue weighted by molar-refractivity contribution is 5.77. The van der Waals surface area contributed by atoms with Crippen LogP contribution in [0.15, 0.2) is 59.7 Å². The lowest BCUT2D eigenvalue weighted by atomic mass is 9.66. The summed E-state index contributed by atoms with van der Waals surface area (Å²) in [6, 6.07) is 3.34. The minimum Gasteiger partial charge on any atom is -0.496 e. The summed E-state index contributed by atoms with van der Waals surface area (Å²) in [7, 11) is 1.25. The third-order valence-electron chi connectivity index (χ3n) is 8.14. The van der Waals surface area contributed by atoms with Gasteiger partial charge in [0.2, 0.25) is 0 Å². The largest absolute Gasteiger partial charge is 0.496 e. The lowest BCUT2D eigenvalue weighted by Gasteiger charge is -2.54. The average molecular weight is 623 g/mol. The molecule has 2 aromatic rings. The van der Waals surface area contributed by atoms with Crippen molar-refractivity contribution in [3.05, 3.63) is 76.6 Å². The fourth-order valence-electron chi connectivity index (χ4n) is 6.29. The number of allylic oxidation sites excluding steroid dienone is 3. The van der Waals surface area contributed by atoms with E-state index in [9.17, 15) is 48.7 Å². The summed E-state index contributed by atoms with van der Waals surface area (Å²) in [6.45, 7) is -0.792. The number of methoxy groups -OCH3 is 1. The molecule has 2 fully saturated rings. The molecule has 232 valence electrons. The first-order valence-electron chi connectivity index (χ1n) is 13.0. The van der Waals surface area contributed by atoms with Crippen molar-refractivity contribution in [2.75, 3.05) is 13.7 Å². The van der Waals surface area contributed by atoms with Crippen LogP contribution in [0.4, 0.5) is 48.7 Å². The van der Waals surface area contributed by atoms with E-state index in [1.54, 1.807) is 0 Å². The minimum absolute atomic E-state index is 0.00539. The number of alkyl halides is 9. The summed E-state index contributed by atoms with van der Waals surface area (Å²) in [6.07, 6.45) is -16.4. The maximum absolute atomic E-state index is 14.3. The highest BCUT2D eigenvalue weighted by Crippen LogP contribution is 2.54. The molecule has 2 saturated heterocycles. The van der Waals surface area contributed by atoms with Crippen LogP contribution in [-0.4, -0.2) is 43.1 Å². The Bertz CT molecular complexity index is 1490. The van der Waals surface area contributed by atoms with Crippen LogP contribution in [0.1, 0.15) is 42.9 Å². The molecule has 0 bridgehead atoms. The fourth-order valence-corrected chi connectivity index (χ4v) is 6.29. The van der Waals surface area contributed by atoms with Gasteiger partial charge in [-0.15, -0.1) is 0 Å². The van der Waals surface area contributed by atoms with Crippen molar-refractivity contribution < 1.29 is 58.2 Å². The molecule has 0 radical (unpaired) electrons. The van der Waals surface area contributed by atoms with Crippen LogP contribution in [0.5, 0.6) is 5.75 Å². The number of carbonyl (C=O) groups excluding carboxylic acids is 1. The number of carbonyl (C=O) groups is 1. The van der Waals surface area contributed by atoms with Gasteiger partial charge in [-0.2, -0.15) is 39.5 Å². The van der Waals surface area contributed by atoms with Gasteiger partial charge in [-0.05, 0) is 73.2 Å². The topological polar surface area (TPSA) is 38.8 Å². The van der Waals surface area contributed by atoms with Crippen molar-refractivity contribution in [1.29, 1.82) is 0 Å².